The molecule has 7 nitrogen and oxygen atoms in total. The highest BCUT2D eigenvalue weighted by molar-refractivity contribution is 6.32. The van der Waals surface area contributed by atoms with Crippen LogP contribution in [0.5, 0.6) is 5.75 Å². The number of methoxy groups -OCH3 is 1. The van der Waals surface area contributed by atoms with E-state index in [1.807, 2.05) is 0 Å². The van der Waals surface area contributed by atoms with Crippen molar-refractivity contribution < 1.29 is 9.53 Å². The minimum Gasteiger partial charge on any atom is -0.495 e. The second kappa shape index (κ2) is 7.31. The summed E-state index contributed by atoms with van der Waals surface area (Å²) in [5.74, 6) is 0.196. The molecule has 0 spiro atoms. The molecular weight excluding hydrogens is 344 g/mol. The smallest absolute Gasteiger partial charge is 0.271 e. The van der Waals surface area contributed by atoms with Crippen molar-refractivity contribution in [2.75, 3.05) is 13.7 Å². The number of aromatic nitrogens is 3. The lowest BCUT2D eigenvalue weighted by molar-refractivity contribution is 0.0948. The fourth-order valence-electron chi connectivity index (χ4n) is 2.41. The van der Waals surface area contributed by atoms with Gasteiger partial charge in [-0.05, 0) is 24.6 Å². The van der Waals surface area contributed by atoms with Crippen molar-refractivity contribution in [3.63, 3.8) is 0 Å². The molecule has 1 aromatic carbocycles. The number of fused-ring (bicyclic) bond motifs is 1. The van der Waals surface area contributed by atoms with Gasteiger partial charge in [0.2, 0.25) is 0 Å². The molecule has 25 heavy (non-hydrogen) atoms. The Balaban J connectivity index is 1.75. The molecule has 2 aromatic heterocycles. The first-order valence-electron chi connectivity index (χ1n) is 7.52. The second-order valence-corrected chi connectivity index (χ2v) is 5.70. The Morgan fingerprint density at radius 2 is 2.16 bits per heavy atom. The molecule has 1 amide bonds. The minimum atomic E-state index is -0.334. The van der Waals surface area contributed by atoms with E-state index < -0.39 is 0 Å². The van der Waals surface area contributed by atoms with Crippen LogP contribution >= 0.6 is 11.6 Å². The number of nitrogens with zero attached hydrogens (tertiary/aromatic N) is 2. The standard InChI is InChI=1S/C17H15ClN4O3/c1-25-15-7-11-6-10(16(23)22-13(11)8-12(15)18)2-3-21-17(24)14-9-19-4-5-20-14/h4-9H,2-3H2,1H3,(H,21,24)(H,22,23). The number of carbonyl (C=O) groups excluding carboxylic acids is 1. The molecule has 3 rings (SSSR count). The zero-order valence-electron chi connectivity index (χ0n) is 13.4. The molecule has 0 aliphatic heterocycles. The number of aromatic amines is 1. The summed E-state index contributed by atoms with van der Waals surface area (Å²) in [6, 6.07) is 5.17. The first-order valence-corrected chi connectivity index (χ1v) is 7.90. The van der Waals surface area contributed by atoms with Crippen LogP contribution in [0.2, 0.25) is 5.02 Å². The lowest BCUT2D eigenvalue weighted by Gasteiger charge is -2.08. The lowest BCUT2D eigenvalue weighted by Crippen LogP contribution is -2.28. The van der Waals surface area contributed by atoms with Gasteiger partial charge in [-0.15, -0.1) is 0 Å². The third kappa shape index (κ3) is 3.77. The molecule has 0 saturated carbocycles. The number of pyridine rings is 1. The first-order chi connectivity index (χ1) is 12.1. The summed E-state index contributed by atoms with van der Waals surface area (Å²) in [4.78, 5) is 34.7. The molecule has 0 aliphatic rings. The summed E-state index contributed by atoms with van der Waals surface area (Å²) < 4.78 is 5.19. The minimum absolute atomic E-state index is 0.220. The molecule has 0 saturated heterocycles. The maximum Gasteiger partial charge on any atom is 0.271 e. The van der Waals surface area contributed by atoms with Gasteiger partial charge in [0.05, 0.1) is 23.8 Å². The van der Waals surface area contributed by atoms with Gasteiger partial charge >= 0.3 is 0 Å². The SMILES string of the molecule is COc1cc2cc(CCNC(=O)c3cnccn3)c(=O)[nH]c2cc1Cl. The number of benzene rings is 1. The first kappa shape index (κ1) is 16.9. The number of amides is 1. The van der Waals surface area contributed by atoms with Crippen molar-refractivity contribution in [2.24, 2.45) is 0 Å². The number of H-pyrrole nitrogens is 1. The van der Waals surface area contributed by atoms with Gasteiger partial charge in [-0.1, -0.05) is 11.6 Å². The molecule has 0 bridgehead atoms. The molecule has 8 heteroatoms. The van der Waals surface area contributed by atoms with Crippen LogP contribution in [0.25, 0.3) is 10.9 Å². The maximum atomic E-state index is 12.2. The maximum absolute atomic E-state index is 12.2. The summed E-state index contributed by atoms with van der Waals surface area (Å²) in [5.41, 5.74) is 1.19. The largest absolute Gasteiger partial charge is 0.495 e. The quantitative estimate of drug-likeness (QED) is 0.726. The molecule has 0 unspecified atom stereocenters. The van der Waals surface area contributed by atoms with Gasteiger partial charge in [0.15, 0.2) is 0 Å². The number of carbonyl (C=O) groups is 1. The van der Waals surface area contributed by atoms with Crippen molar-refractivity contribution in [1.29, 1.82) is 0 Å². The van der Waals surface area contributed by atoms with E-state index in [-0.39, 0.29) is 17.2 Å². The molecule has 0 atom stereocenters. The van der Waals surface area contributed by atoms with Crippen LogP contribution in [0.3, 0.4) is 0 Å². The number of hydrogen-bond acceptors (Lipinski definition) is 5. The average Bonchev–Trinajstić information content (AvgIpc) is 2.62. The van der Waals surface area contributed by atoms with Gasteiger partial charge in [-0.25, -0.2) is 4.98 Å². The Morgan fingerprint density at radius 1 is 1.32 bits per heavy atom. The highest BCUT2D eigenvalue weighted by atomic mass is 35.5. The van der Waals surface area contributed by atoms with Crippen LogP contribution in [0.1, 0.15) is 16.1 Å². The predicted molar refractivity (Wildman–Crippen MR) is 94.2 cm³/mol. The number of ether oxygens (including phenoxy) is 1. The lowest BCUT2D eigenvalue weighted by atomic mass is 10.1. The molecule has 2 N–H and O–H groups in total. The summed E-state index contributed by atoms with van der Waals surface area (Å²) >= 11 is 6.07. The third-order valence-electron chi connectivity index (χ3n) is 3.67. The van der Waals surface area contributed by atoms with Gasteiger partial charge in [0, 0.05) is 29.9 Å². The Hall–Kier alpha value is -2.93. The second-order valence-electron chi connectivity index (χ2n) is 5.29. The van der Waals surface area contributed by atoms with Crippen molar-refractivity contribution in [3.05, 3.63) is 63.4 Å². The average molecular weight is 359 g/mol. The van der Waals surface area contributed by atoms with E-state index in [1.165, 1.54) is 25.7 Å². The van der Waals surface area contributed by atoms with E-state index in [0.29, 0.717) is 34.8 Å². The van der Waals surface area contributed by atoms with Gasteiger partial charge in [-0.2, -0.15) is 0 Å². The molecule has 3 aromatic rings. The van der Waals surface area contributed by atoms with Crippen LogP contribution < -0.4 is 15.6 Å². The highest BCUT2D eigenvalue weighted by Crippen LogP contribution is 2.28. The summed E-state index contributed by atoms with van der Waals surface area (Å²) in [5, 5.41) is 3.94. The number of nitrogens with one attached hydrogen (secondary N) is 2. The fraction of sp³-hybridized carbons (Fsp3) is 0.176. The zero-order valence-corrected chi connectivity index (χ0v) is 14.1. The van der Waals surface area contributed by atoms with Crippen molar-refractivity contribution in [3.8, 4) is 5.75 Å². The van der Waals surface area contributed by atoms with E-state index in [1.54, 1.807) is 18.2 Å². The molecule has 0 radical (unpaired) electrons. The number of halogens is 1. The summed E-state index contributed by atoms with van der Waals surface area (Å²) in [7, 11) is 1.53. The Bertz CT molecular complexity index is 973. The number of rotatable bonds is 5. The van der Waals surface area contributed by atoms with Crippen molar-refractivity contribution in [1.82, 2.24) is 20.3 Å². The zero-order chi connectivity index (χ0) is 17.8. The van der Waals surface area contributed by atoms with E-state index >= 15 is 0 Å². The molecule has 2 heterocycles. The van der Waals surface area contributed by atoms with Gasteiger partial charge in [-0.3, -0.25) is 14.6 Å². The molecular formula is C17H15ClN4O3. The predicted octanol–water partition coefficient (Wildman–Crippen LogP) is 1.95. The summed E-state index contributed by atoms with van der Waals surface area (Å²) in [6.07, 6.45) is 4.70. The van der Waals surface area contributed by atoms with Gasteiger partial charge in [0.1, 0.15) is 11.4 Å². The topological polar surface area (TPSA) is 97.0 Å². The van der Waals surface area contributed by atoms with E-state index in [4.69, 9.17) is 16.3 Å². The Kier molecular flexibility index (Phi) is 4.95. The Morgan fingerprint density at radius 3 is 2.88 bits per heavy atom. The molecule has 0 fully saturated rings. The van der Waals surface area contributed by atoms with Gasteiger partial charge < -0.3 is 15.0 Å². The van der Waals surface area contributed by atoms with Gasteiger partial charge in [0.25, 0.3) is 11.5 Å². The molecule has 0 aliphatic carbocycles. The van der Waals surface area contributed by atoms with Crippen LogP contribution in [-0.4, -0.2) is 34.5 Å². The van der Waals surface area contributed by atoms with Crippen LogP contribution in [-0.2, 0) is 6.42 Å². The third-order valence-corrected chi connectivity index (χ3v) is 3.96. The Labute approximate surface area is 148 Å². The van der Waals surface area contributed by atoms with Crippen LogP contribution in [0, 0.1) is 0 Å². The highest BCUT2D eigenvalue weighted by Gasteiger charge is 2.09. The summed E-state index contributed by atoms with van der Waals surface area (Å²) in [6.45, 7) is 0.300. The fourth-order valence-corrected chi connectivity index (χ4v) is 2.65. The number of hydrogen-bond donors (Lipinski definition) is 2. The van der Waals surface area contributed by atoms with Crippen molar-refractivity contribution >= 4 is 28.4 Å². The van der Waals surface area contributed by atoms with Crippen molar-refractivity contribution in [2.45, 2.75) is 6.42 Å². The van der Waals surface area contributed by atoms with E-state index in [0.717, 1.165) is 5.39 Å². The van der Waals surface area contributed by atoms with Crippen LogP contribution in [0.4, 0.5) is 0 Å². The van der Waals surface area contributed by atoms with E-state index in [9.17, 15) is 9.59 Å². The van der Waals surface area contributed by atoms with Crippen LogP contribution in [0.15, 0.2) is 41.6 Å². The molecule has 128 valence electrons. The monoisotopic (exact) mass is 358 g/mol. The van der Waals surface area contributed by atoms with E-state index in [2.05, 4.69) is 20.3 Å². The normalized spacial score (nSPS) is 10.6.